The van der Waals surface area contributed by atoms with Gasteiger partial charge in [0.2, 0.25) is 0 Å². The van der Waals surface area contributed by atoms with E-state index in [1.807, 2.05) is 0 Å². The molecule has 4 nitrogen and oxygen atoms in total. The van der Waals surface area contributed by atoms with E-state index < -0.39 is 21.7 Å². The van der Waals surface area contributed by atoms with Gasteiger partial charge in [0.25, 0.3) is 10.0 Å². The van der Waals surface area contributed by atoms with Crippen LogP contribution in [0.2, 0.25) is 0 Å². The normalized spacial score (nSPS) is 11.4. The number of hydrogen-bond donors (Lipinski definition) is 1. The van der Waals surface area contributed by atoms with E-state index in [4.69, 9.17) is 5.73 Å². The molecule has 0 radical (unpaired) electrons. The molecule has 0 aliphatic heterocycles. The van der Waals surface area contributed by atoms with Crippen molar-refractivity contribution >= 4 is 21.4 Å². The van der Waals surface area contributed by atoms with Crippen molar-refractivity contribution < 1.29 is 17.2 Å². The summed E-state index contributed by atoms with van der Waals surface area (Å²) < 4.78 is 52.8. The molecule has 0 bridgehead atoms. The predicted molar refractivity (Wildman–Crippen MR) is 77.4 cm³/mol. The van der Waals surface area contributed by atoms with Gasteiger partial charge in [-0.25, -0.2) is 17.2 Å². The van der Waals surface area contributed by atoms with Crippen molar-refractivity contribution in [3.05, 3.63) is 54.1 Å². The predicted octanol–water partition coefficient (Wildman–Crippen LogP) is 2.76. The van der Waals surface area contributed by atoms with E-state index in [9.17, 15) is 17.2 Å². The maximum atomic E-state index is 13.4. The summed E-state index contributed by atoms with van der Waals surface area (Å²) in [4.78, 5) is -0.272. The van der Waals surface area contributed by atoms with Crippen LogP contribution in [0.15, 0.2) is 47.4 Å². The molecule has 0 heterocycles. The lowest BCUT2D eigenvalue weighted by molar-refractivity contribution is 0.587. The van der Waals surface area contributed by atoms with E-state index in [-0.39, 0.29) is 22.8 Å². The van der Waals surface area contributed by atoms with Gasteiger partial charge in [-0.2, -0.15) is 0 Å². The van der Waals surface area contributed by atoms with Crippen LogP contribution >= 0.6 is 0 Å². The van der Waals surface area contributed by atoms with E-state index >= 15 is 0 Å². The molecule has 0 saturated carbocycles. The standard InChI is InChI=1S/C14H14F2N2O2S/c1-2-18(13-5-3-4-10(15)7-13)21(19,20)14-8-11(16)6-12(17)9-14/h3-9H,2,17H2,1H3. The molecule has 0 aliphatic carbocycles. The molecule has 0 fully saturated rings. The van der Waals surface area contributed by atoms with E-state index in [0.717, 1.165) is 22.5 Å². The smallest absolute Gasteiger partial charge is 0.264 e. The minimum Gasteiger partial charge on any atom is -0.399 e. The number of rotatable bonds is 4. The van der Waals surface area contributed by atoms with Gasteiger partial charge in [-0.05, 0) is 43.3 Å². The fourth-order valence-corrected chi connectivity index (χ4v) is 3.52. The summed E-state index contributed by atoms with van der Waals surface area (Å²) in [6, 6.07) is 8.26. The number of hydrogen-bond acceptors (Lipinski definition) is 3. The zero-order valence-corrected chi connectivity index (χ0v) is 12.1. The summed E-state index contributed by atoms with van der Waals surface area (Å²) in [5, 5.41) is 0. The van der Waals surface area contributed by atoms with Crippen molar-refractivity contribution in [2.75, 3.05) is 16.6 Å². The molecule has 2 aromatic rings. The summed E-state index contributed by atoms with van der Waals surface area (Å²) in [5.41, 5.74) is 5.65. The lowest BCUT2D eigenvalue weighted by atomic mass is 10.3. The summed E-state index contributed by atoms with van der Waals surface area (Å²) in [6.07, 6.45) is 0. The molecule has 2 aromatic carbocycles. The van der Waals surface area contributed by atoms with Crippen LogP contribution in [0, 0.1) is 11.6 Å². The van der Waals surface area contributed by atoms with Gasteiger partial charge in [-0.3, -0.25) is 4.31 Å². The van der Waals surface area contributed by atoms with Crippen LogP contribution in [-0.4, -0.2) is 15.0 Å². The van der Waals surface area contributed by atoms with E-state index in [1.54, 1.807) is 6.92 Å². The van der Waals surface area contributed by atoms with Crippen LogP contribution in [0.3, 0.4) is 0 Å². The van der Waals surface area contributed by atoms with E-state index in [2.05, 4.69) is 0 Å². The fraction of sp³-hybridized carbons (Fsp3) is 0.143. The highest BCUT2D eigenvalue weighted by molar-refractivity contribution is 7.92. The Hall–Kier alpha value is -2.15. The Morgan fingerprint density at radius 1 is 1.10 bits per heavy atom. The largest absolute Gasteiger partial charge is 0.399 e. The van der Waals surface area contributed by atoms with Crippen molar-refractivity contribution in [2.24, 2.45) is 0 Å². The third-order valence-corrected chi connectivity index (χ3v) is 4.75. The summed E-state index contributed by atoms with van der Waals surface area (Å²) in [7, 11) is -4.02. The lowest BCUT2D eigenvalue weighted by Crippen LogP contribution is -2.31. The molecule has 0 amide bonds. The highest BCUT2D eigenvalue weighted by Gasteiger charge is 2.24. The van der Waals surface area contributed by atoms with Crippen LogP contribution in [0.25, 0.3) is 0 Å². The van der Waals surface area contributed by atoms with Gasteiger partial charge in [-0.1, -0.05) is 6.07 Å². The van der Waals surface area contributed by atoms with Crippen LogP contribution in [0.5, 0.6) is 0 Å². The molecule has 21 heavy (non-hydrogen) atoms. The highest BCUT2D eigenvalue weighted by Crippen LogP contribution is 2.25. The van der Waals surface area contributed by atoms with Crippen molar-refractivity contribution in [2.45, 2.75) is 11.8 Å². The van der Waals surface area contributed by atoms with Crippen LogP contribution in [-0.2, 0) is 10.0 Å². The molecule has 7 heteroatoms. The zero-order valence-electron chi connectivity index (χ0n) is 11.3. The third kappa shape index (κ3) is 3.13. The first kappa shape index (κ1) is 15.2. The fourth-order valence-electron chi connectivity index (χ4n) is 1.98. The summed E-state index contributed by atoms with van der Waals surface area (Å²) >= 11 is 0. The van der Waals surface area contributed by atoms with Gasteiger partial charge in [0.15, 0.2) is 0 Å². The van der Waals surface area contributed by atoms with E-state index in [0.29, 0.717) is 0 Å². The quantitative estimate of drug-likeness (QED) is 0.883. The first-order valence-corrected chi connectivity index (χ1v) is 7.63. The number of nitrogens with zero attached hydrogens (tertiary/aromatic N) is 1. The molecule has 0 spiro atoms. The number of sulfonamides is 1. The van der Waals surface area contributed by atoms with Gasteiger partial charge in [0, 0.05) is 12.2 Å². The number of nitrogen functional groups attached to an aromatic ring is 1. The monoisotopic (exact) mass is 312 g/mol. The van der Waals surface area contributed by atoms with Crippen molar-refractivity contribution in [3.63, 3.8) is 0 Å². The Labute approximate surface area is 121 Å². The first-order valence-electron chi connectivity index (χ1n) is 6.19. The van der Waals surface area contributed by atoms with Crippen molar-refractivity contribution in [1.29, 1.82) is 0 Å². The summed E-state index contributed by atoms with van der Waals surface area (Å²) in [6.45, 7) is 1.67. The highest BCUT2D eigenvalue weighted by atomic mass is 32.2. The Morgan fingerprint density at radius 2 is 1.81 bits per heavy atom. The Balaban J connectivity index is 2.54. The molecular weight excluding hydrogens is 298 g/mol. The van der Waals surface area contributed by atoms with Crippen LogP contribution < -0.4 is 10.0 Å². The minimum atomic E-state index is -4.02. The van der Waals surface area contributed by atoms with Crippen LogP contribution in [0.1, 0.15) is 6.92 Å². The second-order valence-electron chi connectivity index (χ2n) is 4.37. The number of anilines is 2. The average Bonchev–Trinajstić information content (AvgIpc) is 2.38. The van der Waals surface area contributed by atoms with Gasteiger partial charge in [0.1, 0.15) is 11.6 Å². The number of benzene rings is 2. The molecule has 2 rings (SSSR count). The summed E-state index contributed by atoms with van der Waals surface area (Å²) in [5.74, 6) is -1.30. The molecule has 0 aromatic heterocycles. The average molecular weight is 312 g/mol. The zero-order chi connectivity index (χ0) is 15.6. The van der Waals surface area contributed by atoms with Crippen molar-refractivity contribution in [1.82, 2.24) is 0 Å². The second-order valence-corrected chi connectivity index (χ2v) is 6.23. The van der Waals surface area contributed by atoms with Crippen molar-refractivity contribution in [3.8, 4) is 0 Å². The third-order valence-electron chi connectivity index (χ3n) is 2.87. The molecule has 0 saturated heterocycles. The van der Waals surface area contributed by atoms with Gasteiger partial charge in [0.05, 0.1) is 10.6 Å². The molecule has 2 N–H and O–H groups in total. The Bertz CT molecular complexity index is 743. The van der Waals surface area contributed by atoms with Gasteiger partial charge < -0.3 is 5.73 Å². The maximum absolute atomic E-state index is 13.4. The first-order chi connectivity index (χ1) is 9.84. The Kier molecular flexibility index (Phi) is 4.13. The second kappa shape index (κ2) is 5.69. The SMILES string of the molecule is CCN(c1cccc(F)c1)S(=O)(=O)c1cc(N)cc(F)c1. The molecular formula is C14H14F2N2O2S. The maximum Gasteiger partial charge on any atom is 0.264 e. The van der Waals surface area contributed by atoms with Crippen LogP contribution in [0.4, 0.5) is 20.2 Å². The topological polar surface area (TPSA) is 63.4 Å². The van der Waals surface area contributed by atoms with E-state index in [1.165, 1.54) is 24.3 Å². The lowest BCUT2D eigenvalue weighted by Gasteiger charge is -2.23. The Morgan fingerprint density at radius 3 is 2.38 bits per heavy atom. The molecule has 112 valence electrons. The minimum absolute atomic E-state index is 0.00358. The van der Waals surface area contributed by atoms with Gasteiger partial charge in [-0.15, -0.1) is 0 Å². The molecule has 0 unspecified atom stereocenters. The van der Waals surface area contributed by atoms with Gasteiger partial charge >= 0.3 is 0 Å². The molecule has 0 atom stereocenters. The molecule has 0 aliphatic rings. The number of halogens is 2. The number of nitrogens with two attached hydrogens (primary N) is 1.